The van der Waals surface area contributed by atoms with E-state index in [9.17, 15) is 4.79 Å². The van der Waals surface area contributed by atoms with Gasteiger partial charge in [-0.15, -0.1) is 0 Å². The zero-order valence-corrected chi connectivity index (χ0v) is 15.0. The third kappa shape index (κ3) is 4.48. The Labute approximate surface area is 144 Å². The Morgan fingerprint density at radius 2 is 2.13 bits per heavy atom. The predicted molar refractivity (Wildman–Crippen MR) is 93.3 cm³/mol. The van der Waals surface area contributed by atoms with Crippen molar-refractivity contribution in [3.05, 3.63) is 51.9 Å². The van der Waals surface area contributed by atoms with Crippen LogP contribution in [0.25, 0.3) is 6.08 Å². The van der Waals surface area contributed by atoms with E-state index in [-0.39, 0.29) is 5.78 Å². The molecule has 0 N–H and O–H groups in total. The van der Waals surface area contributed by atoms with E-state index in [0.29, 0.717) is 29.6 Å². The zero-order valence-electron chi connectivity index (χ0n) is 13.4. The second-order valence-corrected chi connectivity index (χ2v) is 5.84. The zero-order chi connectivity index (χ0) is 16.8. The highest BCUT2D eigenvalue weighted by molar-refractivity contribution is 9.10. The van der Waals surface area contributed by atoms with Crippen molar-refractivity contribution in [2.45, 2.75) is 20.3 Å². The summed E-state index contributed by atoms with van der Waals surface area (Å²) in [5.74, 6) is 2.14. The van der Waals surface area contributed by atoms with Crippen molar-refractivity contribution in [2.24, 2.45) is 0 Å². The second-order valence-electron chi connectivity index (χ2n) is 4.99. The molecule has 0 amide bonds. The van der Waals surface area contributed by atoms with Gasteiger partial charge in [-0.3, -0.25) is 4.79 Å². The molecule has 0 aliphatic heterocycles. The molecule has 5 heteroatoms. The van der Waals surface area contributed by atoms with E-state index in [1.165, 1.54) is 6.08 Å². The number of ether oxygens (including phenoxy) is 2. The van der Waals surface area contributed by atoms with Gasteiger partial charge in [0.1, 0.15) is 5.76 Å². The number of hydrogen-bond donors (Lipinski definition) is 0. The molecule has 0 aliphatic carbocycles. The number of furan rings is 1. The van der Waals surface area contributed by atoms with Crippen LogP contribution in [0, 0.1) is 6.92 Å². The molecule has 0 radical (unpaired) electrons. The number of hydrogen-bond acceptors (Lipinski definition) is 4. The molecule has 0 saturated carbocycles. The lowest BCUT2D eigenvalue weighted by atomic mass is 10.1. The maximum Gasteiger partial charge on any atom is 0.221 e. The quantitative estimate of drug-likeness (QED) is 0.499. The number of ketones is 1. The molecule has 4 nitrogen and oxygen atoms in total. The molecule has 0 bridgehead atoms. The minimum absolute atomic E-state index is 0.181. The van der Waals surface area contributed by atoms with Crippen LogP contribution in [0.3, 0.4) is 0 Å². The van der Waals surface area contributed by atoms with Crippen LogP contribution in [-0.4, -0.2) is 19.5 Å². The number of carbonyl (C=O) groups is 1. The maximum atomic E-state index is 12.0. The third-order valence-corrected chi connectivity index (χ3v) is 3.70. The van der Waals surface area contributed by atoms with E-state index in [0.717, 1.165) is 16.5 Å². The Morgan fingerprint density at radius 3 is 2.74 bits per heavy atom. The van der Waals surface area contributed by atoms with E-state index >= 15 is 0 Å². The Hall–Kier alpha value is -2.01. The van der Waals surface area contributed by atoms with E-state index in [1.54, 1.807) is 32.2 Å². The van der Waals surface area contributed by atoms with Crippen LogP contribution in [0.15, 0.2) is 39.2 Å². The highest BCUT2D eigenvalue weighted by Crippen LogP contribution is 2.37. The summed E-state index contributed by atoms with van der Waals surface area (Å²) < 4.78 is 17.1. The van der Waals surface area contributed by atoms with Gasteiger partial charge >= 0.3 is 0 Å². The van der Waals surface area contributed by atoms with Crippen LogP contribution in [0.4, 0.5) is 0 Å². The monoisotopic (exact) mass is 378 g/mol. The van der Waals surface area contributed by atoms with Crippen LogP contribution >= 0.6 is 15.9 Å². The van der Waals surface area contributed by atoms with Crippen molar-refractivity contribution in [2.75, 3.05) is 13.7 Å². The van der Waals surface area contributed by atoms with Gasteiger partial charge in [0, 0.05) is 0 Å². The summed E-state index contributed by atoms with van der Waals surface area (Å²) >= 11 is 3.48. The van der Waals surface area contributed by atoms with Crippen LogP contribution < -0.4 is 9.47 Å². The van der Waals surface area contributed by atoms with E-state index in [2.05, 4.69) is 15.9 Å². The molecule has 2 aromatic rings. The second kappa shape index (κ2) is 8.02. The van der Waals surface area contributed by atoms with Crippen LogP contribution in [0.2, 0.25) is 0 Å². The largest absolute Gasteiger partial charge is 0.493 e. The number of carbonyl (C=O) groups excluding carboxylic acids is 1. The molecule has 2 rings (SSSR count). The van der Waals surface area contributed by atoms with Crippen molar-refractivity contribution < 1.29 is 18.7 Å². The topological polar surface area (TPSA) is 48.7 Å². The van der Waals surface area contributed by atoms with Gasteiger partial charge in [-0.1, -0.05) is 13.0 Å². The predicted octanol–water partition coefficient (Wildman–Crippen LogP) is 5.04. The van der Waals surface area contributed by atoms with Crippen LogP contribution in [-0.2, 0) is 0 Å². The molecule has 0 atom stereocenters. The Balaban J connectivity index is 2.21. The fourth-order valence-corrected chi connectivity index (χ4v) is 2.58. The summed E-state index contributed by atoms with van der Waals surface area (Å²) in [6.07, 6.45) is 4.11. The molecule has 0 aliphatic rings. The SMILES string of the molecule is CCCOc1c(Br)cc(/C=C/C(=O)c2ccc(C)o2)cc1OC. The van der Waals surface area contributed by atoms with Crippen LogP contribution in [0.1, 0.15) is 35.2 Å². The fraction of sp³-hybridized carbons (Fsp3) is 0.278. The van der Waals surface area contributed by atoms with Gasteiger partial charge in [0.25, 0.3) is 0 Å². The van der Waals surface area contributed by atoms with Gasteiger partial charge in [-0.25, -0.2) is 0 Å². The van der Waals surface area contributed by atoms with Gasteiger partial charge in [0.2, 0.25) is 5.78 Å². The minimum Gasteiger partial charge on any atom is -0.493 e. The minimum atomic E-state index is -0.181. The average Bonchev–Trinajstić information content (AvgIpc) is 2.97. The molecule has 1 aromatic heterocycles. The number of benzene rings is 1. The molecule has 0 unspecified atom stereocenters. The summed E-state index contributed by atoms with van der Waals surface area (Å²) in [5, 5.41) is 0. The standard InChI is InChI=1S/C18H19BrO4/c1-4-9-22-18-14(19)10-13(11-17(18)21-3)6-7-15(20)16-8-5-12(2)23-16/h5-8,10-11H,4,9H2,1-3H3/b7-6+. The van der Waals surface area contributed by atoms with Crippen molar-refractivity contribution in [1.29, 1.82) is 0 Å². The van der Waals surface area contributed by atoms with Gasteiger partial charge in [-0.2, -0.15) is 0 Å². The van der Waals surface area contributed by atoms with Gasteiger partial charge in [0.05, 0.1) is 18.2 Å². The normalized spacial score (nSPS) is 11.0. The highest BCUT2D eigenvalue weighted by Gasteiger charge is 2.11. The summed E-state index contributed by atoms with van der Waals surface area (Å²) in [6.45, 7) is 4.46. The van der Waals surface area contributed by atoms with Gasteiger partial charge < -0.3 is 13.9 Å². The molecule has 1 aromatic carbocycles. The number of allylic oxidation sites excluding steroid dienone is 1. The van der Waals surface area contributed by atoms with E-state index in [4.69, 9.17) is 13.9 Å². The van der Waals surface area contributed by atoms with E-state index in [1.807, 2.05) is 19.1 Å². The molecule has 122 valence electrons. The summed E-state index contributed by atoms with van der Waals surface area (Å²) in [5.41, 5.74) is 0.828. The van der Waals surface area contributed by atoms with Crippen molar-refractivity contribution in [1.82, 2.24) is 0 Å². The van der Waals surface area contributed by atoms with Crippen molar-refractivity contribution >= 4 is 27.8 Å². The lowest BCUT2D eigenvalue weighted by Gasteiger charge is -2.12. The number of aryl methyl sites for hydroxylation is 1. The lowest BCUT2D eigenvalue weighted by Crippen LogP contribution is -1.99. The summed E-state index contributed by atoms with van der Waals surface area (Å²) in [6, 6.07) is 7.14. The number of halogens is 1. The molecular formula is C18H19BrO4. The van der Waals surface area contributed by atoms with E-state index < -0.39 is 0 Å². The van der Waals surface area contributed by atoms with Crippen molar-refractivity contribution in [3.8, 4) is 11.5 Å². The Morgan fingerprint density at radius 1 is 1.35 bits per heavy atom. The summed E-state index contributed by atoms with van der Waals surface area (Å²) in [4.78, 5) is 12.0. The van der Waals surface area contributed by atoms with Crippen LogP contribution in [0.5, 0.6) is 11.5 Å². The van der Waals surface area contributed by atoms with Gasteiger partial charge in [0.15, 0.2) is 17.3 Å². The third-order valence-electron chi connectivity index (χ3n) is 3.11. The first-order valence-corrected chi connectivity index (χ1v) is 8.13. The maximum absolute atomic E-state index is 12.0. The Bertz CT molecular complexity index is 716. The summed E-state index contributed by atoms with van der Waals surface area (Å²) in [7, 11) is 1.59. The molecule has 0 fully saturated rings. The van der Waals surface area contributed by atoms with Crippen molar-refractivity contribution in [3.63, 3.8) is 0 Å². The smallest absolute Gasteiger partial charge is 0.221 e. The molecule has 0 spiro atoms. The first-order valence-electron chi connectivity index (χ1n) is 7.34. The molecule has 23 heavy (non-hydrogen) atoms. The first kappa shape index (κ1) is 17.3. The lowest BCUT2D eigenvalue weighted by molar-refractivity contribution is 0.102. The van der Waals surface area contributed by atoms with Gasteiger partial charge in [-0.05, 0) is 65.2 Å². The average molecular weight is 379 g/mol. The number of rotatable bonds is 7. The number of methoxy groups -OCH3 is 1. The molecule has 0 saturated heterocycles. The Kier molecular flexibility index (Phi) is 6.04. The molecule has 1 heterocycles. The highest BCUT2D eigenvalue weighted by atomic mass is 79.9. The fourth-order valence-electron chi connectivity index (χ4n) is 2.00. The first-order chi connectivity index (χ1) is 11.0. The molecular weight excluding hydrogens is 360 g/mol.